The summed E-state index contributed by atoms with van der Waals surface area (Å²) in [6.07, 6.45) is -0.0527. The van der Waals surface area contributed by atoms with Gasteiger partial charge < -0.3 is 14.5 Å². The van der Waals surface area contributed by atoms with Gasteiger partial charge in [0.2, 0.25) is 0 Å². The predicted molar refractivity (Wildman–Crippen MR) is 108 cm³/mol. The number of aryl methyl sites for hydroxylation is 1. The van der Waals surface area contributed by atoms with E-state index in [1.165, 1.54) is 6.92 Å². The van der Waals surface area contributed by atoms with Gasteiger partial charge in [-0.15, -0.1) is 0 Å². The molecule has 6 heterocycles. The molecule has 9 nitrogen and oxygen atoms in total. The average molecular weight is 446 g/mol. The summed E-state index contributed by atoms with van der Waals surface area (Å²) in [6, 6.07) is 1.23. The normalized spacial score (nSPS) is 20.8. The number of hydrogen-bond acceptors (Lipinski definition) is 8. The number of fused-ring (bicyclic) bond motifs is 1. The molecule has 3 aliphatic rings. The molecule has 12 heteroatoms. The zero-order valence-electron chi connectivity index (χ0n) is 17.4. The minimum Gasteiger partial charge on any atom is -0.377 e. The molecule has 0 unspecified atom stereocenters. The first-order valence-corrected chi connectivity index (χ1v) is 10.5. The summed E-state index contributed by atoms with van der Waals surface area (Å²) in [7, 11) is 0. The molecule has 3 aliphatic heterocycles. The highest BCUT2D eigenvalue weighted by Crippen LogP contribution is 2.43. The third-order valence-corrected chi connectivity index (χ3v) is 6.51. The Morgan fingerprint density at radius 2 is 1.81 bits per heavy atom. The van der Waals surface area contributed by atoms with Crippen LogP contribution in [0.3, 0.4) is 0 Å². The molecule has 3 saturated heterocycles. The Morgan fingerprint density at radius 1 is 1.03 bits per heavy atom. The molecule has 0 N–H and O–H groups in total. The SMILES string of the molecule is Cc1nc(N2CC3(CCN(c4cnc5cnn(C6COC6)c5n4)C3)C2)cc(C(F)(F)F)n1. The zero-order chi connectivity index (χ0) is 22.1. The molecular weight excluding hydrogens is 425 g/mol. The van der Waals surface area contributed by atoms with E-state index >= 15 is 0 Å². The lowest BCUT2D eigenvalue weighted by molar-refractivity contribution is -0.141. The highest BCUT2D eigenvalue weighted by molar-refractivity contribution is 5.71. The summed E-state index contributed by atoms with van der Waals surface area (Å²) in [6.45, 7) is 5.66. The Balaban J connectivity index is 1.18. The quantitative estimate of drug-likeness (QED) is 0.606. The topological polar surface area (TPSA) is 85.1 Å². The van der Waals surface area contributed by atoms with Crippen LogP contribution >= 0.6 is 0 Å². The molecule has 0 amide bonds. The Hall–Kier alpha value is -3.02. The van der Waals surface area contributed by atoms with Crippen LogP contribution in [0.15, 0.2) is 18.5 Å². The van der Waals surface area contributed by atoms with Crippen molar-refractivity contribution in [2.45, 2.75) is 25.6 Å². The van der Waals surface area contributed by atoms with E-state index in [9.17, 15) is 13.2 Å². The van der Waals surface area contributed by atoms with E-state index in [-0.39, 0.29) is 17.3 Å². The van der Waals surface area contributed by atoms with Gasteiger partial charge in [0.15, 0.2) is 5.65 Å². The minimum atomic E-state index is -4.48. The molecule has 3 aromatic rings. The number of alkyl halides is 3. The Morgan fingerprint density at radius 3 is 2.53 bits per heavy atom. The van der Waals surface area contributed by atoms with Crippen LogP contribution in [0.4, 0.5) is 24.8 Å². The van der Waals surface area contributed by atoms with Crippen LogP contribution in [0, 0.1) is 12.3 Å². The Labute approximate surface area is 181 Å². The predicted octanol–water partition coefficient (Wildman–Crippen LogP) is 2.23. The van der Waals surface area contributed by atoms with Crippen molar-refractivity contribution in [3.05, 3.63) is 30.0 Å². The van der Waals surface area contributed by atoms with Gasteiger partial charge in [0.05, 0.1) is 25.6 Å². The number of rotatable bonds is 3. The van der Waals surface area contributed by atoms with E-state index in [1.807, 2.05) is 9.58 Å². The summed E-state index contributed by atoms with van der Waals surface area (Å²) in [5, 5.41) is 4.41. The fraction of sp³-hybridized carbons (Fsp3) is 0.550. The summed E-state index contributed by atoms with van der Waals surface area (Å²) < 4.78 is 46.5. The maximum absolute atomic E-state index is 13.1. The Kier molecular flexibility index (Phi) is 4.14. The van der Waals surface area contributed by atoms with Crippen molar-refractivity contribution in [1.82, 2.24) is 29.7 Å². The number of nitrogens with zero attached hydrogens (tertiary/aromatic N) is 8. The molecule has 6 rings (SSSR count). The van der Waals surface area contributed by atoms with Gasteiger partial charge in [0, 0.05) is 37.7 Å². The van der Waals surface area contributed by atoms with Crippen LogP contribution in [0.25, 0.3) is 11.2 Å². The maximum atomic E-state index is 13.1. The average Bonchev–Trinajstić information content (AvgIpc) is 3.29. The fourth-order valence-corrected chi connectivity index (χ4v) is 4.77. The molecule has 0 bridgehead atoms. The molecule has 168 valence electrons. The molecule has 0 aliphatic carbocycles. The van der Waals surface area contributed by atoms with Gasteiger partial charge >= 0.3 is 6.18 Å². The summed E-state index contributed by atoms with van der Waals surface area (Å²) in [5.41, 5.74) is 0.619. The van der Waals surface area contributed by atoms with E-state index in [2.05, 4.69) is 25.0 Å². The van der Waals surface area contributed by atoms with Gasteiger partial charge in [-0.05, 0) is 13.3 Å². The zero-order valence-corrected chi connectivity index (χ0v) is 17.4. The van der Waals surface area contributed by atoms with Crippen molar-refractivity contribution in [3.8, 4) is 0 Å². The molecule has 32 heavy (non-hydrogen) atoms. The van der Waals surface area contributed by atoms with E-state index in [1.54, 1.807) is 12.4 Å². The fourth-order valence-electron chi connectivity index (χ4n) is 4.77. The number of ether oxygens (including phenoxy) is 1. The van der Waals surface area contributed by atoms with Crippen molar-refractivity contribution in [2.75, 3.05) is 49.2 Å². The molecular formula is C20H21F3N8O. The van der Waals surface area contributed by atoms with Crippen molar-refractivity contribution in [2.24, 2.45) is 5.41 Å². The van der Waals surface area contributed by atoms with Gasteiger partial charge in [-0.2, -0.15) is 18.3 Å². The standard InChI is InChI=1S/C20H21F3N8O/c1-12-26-15(20(21,22)23)4-16(27-12)30-10-19(11-30)2-3-29(9-19)17-6-24-14-5-25-31(18(14)28-17)13-7-32-8-13/h4-6,13H,2-3,7-11H2,1H3. The molecule has 0 radical (unpaired) electrons. The van der Waals surface area contributed by atoms with Crippen LogP contribution in [-0.2, 0) is 10.9 Å². The maximum Gasteiger partial charge on any atom is 0.433 e. The second-order valence-corrected chi connectivity index (χ2v) is 8.90. The molecule has 3 aromatic heterocycles. The molecule has 0 atom stereocenters. The van der Waals surface area contributed by atoms with Crippen LogP contribution < -0.4 is 9.80 Å². The van der Waals surface area contributed by atoms with Gasteiger partial charge in [-0.25, -0.2) is 24.6 Å². The number of aromatic nitrogens is 6. The molecule has 1 spiro atoms. The van der Waals surface area contributed by atoms with Crippen LogP contribution in [-0.4, -0.2) is 69.1 Å². The van der Waals surface area contributed by atoms with Crippen molar-refractivity contribution in [3.63, 3.8) is 0 Å². The lowest BCUT2D eigenvalue weighted by Gasteiger charge is -2.48. The van der Waals surface area contributed by atoms with Gasteiger partial charge in [0.1, 0.15) is 34.7 Å². The first kappa shape index (κ1) is 19.6. The van der Waals surface area contributed by atoms with Crippen molar-refractivity contribution >= 4 is 22.8 Å². The van der Waals surface area contributed by atoms with Crippen LogP contribution in [0.2, 0.25) is 0 Å². The van der Waals surface area contributed by atoms with Crippen molar-refractivity contribution < 1.29 is 17.9 Å². The van der Waals surface area contributed by atoms with Gasteiger partial charge in [-0.3, -0.25) is 0 Å². The summed E-state index contributed by atoms with van der Waals surface area (Å²) in [5.74, 6) is 1.26. The van der Waals surface area contributed by atoms with E-state index in [4.69, 9.17) is 9.72 Å². The van der Waals surface area contributed by atoms with Crippen molar-refractivity contribution in [1.29, 1.82) is 0 Å². The largest absolute Gasteiger partial charge is 0.433 e. The first-order valence-electron chi connectivity index (χ1n) is 10.5. The molecule has 0 aromatic carbocycles. The third kappa shape index (κ3) is 3.15. The molecule has 0 saturated carbocycles. The number of hydrogen-bond donors (Lipinski definition) is 0. The van der Waals surface area contributed by atoms with Gasteiger partial charge in [-0.1, -0.05) is 0 Å². The Bertz CT molecular complexity index is 1190. The number of anilines is 2. The monoisotopic (exact) mass is 446 g/mol. The minimum absolute atomic E-state index is 0.00987. The lowest BCUT2D eigenvalue weighted by Crippen LogP contribution is -2.58. The molecule has 3 fully saturated rings. The second-order valence-electron chi connectivity index (χ2n) is 8.90. The smallest absolute Gasteiger partial charge is 0.377 e. The van der Waals surface area contributed by atoms with E-state index in [0.717, 1.165) is 42.6 Å². The number of halogens is 3. The lowest BCUT2D eigenvalue weighted by atomic mass is 9.79. The first-order chi connectivity index (χ1) is 15.3. The third-order valence-electron chi connectivity index (χ3n) is 6.51. The second kappa shape index (κ2) is 6.74. The van der Waals surface area contributed by atoms with Gasteiger partial charge in [0.25, 0.3) is 0 Å². The highest BCUT2D eigenvalue weighted by atomic mass is 19.4. The van der Waals surface area contributed by atoms with Crippen LogP contribution in [0.5, 0.6) is 0 Å². The van der Waals surface area contributed by atoms with E-state index < -0.39 is 11.9 Å². The summed E-state index contributed by atoms with van der Waals surface area (Å²) >= 11 is 0. The highest BCUT2D eigenvalue weighted by Gasteiger charge is 2.49. The van der Waals surface area contributed by atoms with Crippen LogP contribution in [0.1, 0.15) is 24.0 Å². The summed E-state index contributed by atoms with van der Waals surface area (Å²) in [4.78, 5) is 21.2. The van der Waals surface area contributed by atoms with E-state index in [0.29, 0.717) is 32.1 Å².